The number of aromatic nitrogens is 1. The van der Waals surface area contributed by atoms with E-state index >= 15 is 0 Å². The fourth-order valence-corrected chi connectivity index (χ4v) is 4.39. The molecule has 0 unspecified atom stereocenters. The molecule has 1 aromatic carbocycles. The van der Waals surface area contributed by atoms with Gasteiger partial charge in [0.15, 0.2) is 0 Å². The van der Waals surface area contributed by atoms with E-state index in [-0.39, 0.29) is 0 Å². The molecule has 3 heterocycles. The molecule has 2 aliphatic rings. The summed E-state index contributed by atoms with van der Waals surface area (Å²) in [6.07, 6.45) is 12.3. The Morgan fingerprint density at radius 3 is 2.21 bits per heavy atom. The summed E-state index contributed by atoms with van der Waals surface area (Å²) in [4.78, 5) is 9.76. The number of oxazole rings is 1. The average molecular weight is 398 g/mol. The van der Waals surface area contributed by atoms with Crippen LogP contribution in [0.25, 0.3) is 11.5 Å². The lowest BCUT2D eigenvalue weighted by molar-refractivity contribution is 0.205. The van der Waals surface area contributed by atoms with Crippen molar-refractivity contribution in [1.29, 1.82) is 0 Å². The number of hydrogen-bond donors (Lipinski definition) is 0. The quantitative estimate of drug-likeness (QED) is 0.588. The maximum absolute atomic E-state index is 5.92. The molecule has 1 aromatic heterocycles. The highest BCUT2D eigenvalue weighted by Gasteiger charge is 2.13. The first-order chi connectivity index (χ1) is 14.4. The molecule has 0 N–H and O–H groups in total. The molecule has 0 radical (unpaired) electrons. The molecule has 5 nitrogen and oxygen atoms in total. The largest absolute Gasteiger partial charge is 0.494 e. The molecule has 4 rings (SSSR count). The first-order valence-electron chi connectivity index (χ1n) is 11.5. The van der Waals surface area contributed by atoms with Crippen LogP contribution in [-0.2, 0) is 6.54 Å². The lowest BCUT2D eigenvalue weighted by atomic mass is 10.1. The monoisotopic (exact) mass is 397 g/mol. The van der Waals surface area contributed by atoms with Gasteiger partial charge in [-0.1, -0.05) is 19.3 Å². The second-order valence-electron chi connectivity index (χ2n) is 8.46. The van der Waals surface area contributed by atoms with E-state index in [0.29, 0.717) is 5.89 Å². The molecule has 0 spiro atoms. The van der Waals surface area contributed by atoms with Crippen molar-refractivity contribution in [2.24, 2.45) is 0 Å². The highest BCUT2D eigenvalue weighted by molar-refractivity contribution is 5.54. The van der Waals surface area contributed by atoms with E-state index in [1.165, 1.54) is 71.1 Å². The van der Waals surface area contributed by atoms with Crippen LogP contribution in [0.1, 0.15) is 57.1 Å². The van der Waals surface area contributed by atoms with Crippen LogP contribution in [0.5, 0.6) is 5.75 Å². The molecule has 5 heteroatoms. The molecular formula is C24H35N3O2. The fourth-order valence-electron chi connectivity index (χ4n) is 4.39. The molecule has 0 bridgehead atoms. The molecule has 2 saturated heterocycles. The second kappa shape index (κ2) is 10.8. The Bertz CT molecular complexity index is 714. The van der Waals surface area contributed by atoms with E-state index in [9.17, 15) is 0 Å². The van der Waals surface area contributed by atoms with Crippen molar-refractivity contribution in [3.63, 3.8) is 0 Å². The molecule has 0 saturated carbocycles. The summed E-state index contributed by atoms with van der Waals surface area (Å²) in [7, 11) is 0. The summed E-state index contributed by atoms with van der Waals surface area (Å²) in [5.74, 6) is 1.62. The van der Waals surface area contributed by atoms with E-state index in [4.69, 9.17) is 14.1 Å². The number of benzene rings is 1. The van der Waals surface area contributed by atoms with Crippen LogP contribution in [0.3, 0.4) is 0 Å². The van der Waals surface area contributed by atoms with Crippen LogP contribution in [0, 0.1) is 0 Å². The lowest BCUT2D eigenvalue weighted by Gasteiger charge is -2.26. The van der Waals surface area contributed by atoms with E-state index in [1.54, 1.807) is 0 Å². The summed E-state index contributed by atoms with van der Waals surface area (Å²) >= 11 is 0. The molecule has 29 heavy (non-hydrogen) atoms. The summed E-state index contributed by atoms with van der Waals surface area (Å²) < 4.78 is 11.7. The average Bonchev–Trinajstić information content (AvgIpc) is 3.07. The van der Waals surface area contributed by atoms with Crippen molar-refractivity contribution in [3.05, 3.63) is 36.2 Å². The van der Waals surface area contributed by atoms with Crippen LogP contribution in [-0.4, -0.2) is 54.1 Å². The molecule has 0 atom stereocenters. The number of piperidine rings is 1. The zero-order valence-corrected chi connectivity index (χ0v) is 17.7. The van der Waals surface area contributed by atoms with Crippen molar-refractivity contribution >= 4 is 0 Å². The van der Waals surface area contributed by atoms with Gasteiger partial charge < -0.3 is 14.1 Å². The van der Waals surface area contributed by atoms with Crippen LogP contribution in [0.2, 0.25) is 0 Å². The minimum atomic E-state index is 0.700. The molecule has 0 amide bonds. The van der Waals surface area contributed by atoms with Gasteiger partial charge in [0.1, 0.15) is 12.0 Å². The van der Waals surface area contributed by atoms with Crippen LogP contribution < -0.4 is 4.74 Å². The van der Waals surface area contributed by atoms with Gasteiger partial charge in [-0.3, -0.25) is 4.90 Å². The van der Waals surface area contributed by atoms with Gasteiger partial charge in [0.2, 0.25) is 5.89 Å². The molecule has 2 aromatic rings. The number of likely N-dealkylation sites (tertiary alicyclic amines) is 2. The predicted molar refractivity (Wildman–Crippen MR) is 116 cm³/mol. The van der Waals surface area contributed by atoms with Crippen LogP contribution in [0.4, 0.5) is 0 Å². The summed E-state index contributed by atoms with van der Waals surface area (Å²) in [6, 6.07) is 8.13. The van der Waals surface area contributed by atoms with Gasteiger partial charge in [-0.2, -0.15) is 0 Å². The lowest BCUT2D eigenvalue weighted by Crippen LogP contribution is -2.31. The Balaban J connectivity index is 1.23. The second-order valence-corrected chi connectivity index (χ2v) is 8.46. The Morgan fingerprint density at radius 2 is 1.48 bits per heavy atom. The molecule has 2 aliphatic heterocycles. The number of rotatable bonds is 8. The van der Waals surface area contributed by atoms with Gasteiger partial charge >= 0.3 is 0 Å². The molecule has 0 aliphatic carbocycles. The maximum Gasteiger partial charge on any atom is 0.226 e. The minimum Gasteiger partial charge on any atom is -0.494 e. The van der Waals surface area contributed by atoms with Gasteiger partial charge in [-0.25, -0.2) is 4.98 Å². The third-order valence-electron chi connectivity index (χ3n) is 6.07. The third kappa shape index (κ3) is 6.31. The number of nitrogens with zero attached hydrogens (tertiary/aromatic N) is 3. The van der Waals surface area contributed by atoms with Crippen LogP contribution in [0.15, 0.2) is 34.9 Å². The first kappa shape index (κ1) is 20.4. The molecular weight excluding hydrogens is 362 g/mol. The van der Waals surface area contributed by atoms with Crippen molar-refractivity contribution in [1.82, 2.24) is 14.8 Å². The van der Waals surface area contributed by atoms with Crippen LogP contribution >= 0.6 is 0 Å². The Kier molecular flexibility index (Phi) is 7.60. The fraction of sp³-hybridized carbons (Fsp3) is 0.625. The van der Waals surface area contributed by atoms with E-state index in [0.717, 1.165) is 43.1 Å². The molecule has 2 fully saturated rings. The predicted octanol–water partition coefficient (Wildman–Crippen LogP) is 4.97. The topological polar surface area (TPSA) is 41.7 Å². The van der Waals surface area contributed by atoms with Crippen molar-refractivity contribution in [2.75, 3.05) is 39.3 Å². The zero-order valence-electron chi connectivity index (χ0n) is 17.7. The highest BCUT2D eigenvalue weighted by atomic mass is 16.5. The van der Waals surface area contributed by atoms with Gasteiger partial charge in [-0.05, 0) is 82.5 Å². The SMILES string of the molecule is c1cc(-c2nc(CN3CCCCCC3)co2)ccc1OCCCN1CCCCC1. The smallest absolute Gasteiger partial charge is 0.226 e. The van der Waals surface area contributed by atoms with Crippen molar-refractivity contribution < 1.29 is 9.15 Å². The maximum atomic E-state index is 5.92. The summed E-state index contributed by atoms with van der Waals surface area (Å²) in [5, 5.41) is 0. The van der Waals surface area contributed by atoms with E-state index < -0.39 is 0 Å². The number of ether oxygens (including phenoxy) is 1. The minimum absolute atomic E-state index is 0.700. The first-order valence-corrected chi connectivity index (χ1v) is 11.5. The summed E-state index contributed by atoms with van der Waals surface area (Å²) in [6.45, 7) is 7.66. The molecule has 158 valence electrons. The Hall–Kier alpha value is -1.85. The van der Waals surface area contributed by atoms with Gasteiger partial charge in [0, 0.05) is 18.7 Å². The van der Waals surface area contributed by atoms with Crippen molar-refractivity contribution in [3.8, 4) is 17.2 Å². The Morgan fingerprint density at radius 1 is 0.828 bits per heavy atom. The Labute approximate surface area is 175 Å². The van der Waals surface area contributed by atoms with Gasteiger partial charge in [-0.15, -0.1) is 0 Å². The number of hydrogen-bond acceptors (Lipinski definition) is 5. The summed E-state index contributed by atoms with van der Waals surface area (Å²) in [5.41, 5.74) is 2.03. The standard InChI is InChI=1S/C24H35N3O2/c1-2-5-16-27(15-4-1)19-22-20-29-24(25-22)21-9-11-23(12-10-21)28-18-8-17-26-13-6-3-7-14-26/h9-12,20H,1-8,13-19H2. The zero-order chi connectivity index (χ0) is 19.7. The van der Waals surface area contributed by atoms with E-state index in [1.807, 2.05) is 30.5 Å². The highest BCUT2D eigenvalue weighted by Crippen LogP contribution is 2.23. The van der Waals surface area contributed by atoms with Gasteiger partial charge in [0.05, 0.1) is 12.3 Å². The van der Waals surface area contributed by atoms with E-state index in [2.05, 4.69) is 9.80 Å². The normalized spacial score (nSPS) is 19.2. The van der Waals surface area contributed by atoms with Gasteiger partial charge in [0.25, 0.3) is 0 Å². The third-order valence-corrected chi connectivity index (χ3v) is 6.07. The van der Waals surface area contributed by atoms with Crippen molar-refractivity contribution in [2.45, 2.75) is 57.9 Å².